The number of nitrogens with one attached hydrogen (secondary N) is 1. The van der Waals surface area contributed by atoms with Gasteiger partial charge in [0.2, 0.25) is 5.95 Å². The van der Waals surface area contributed by atoms with Gasteiger partial charge in [-0.25, -0.2) is 4.52 Å². The first-order valence-electron chi connectivity index (χ1n) is 6.19. The zero-order valence-electron chi connectivity index (χ0n) is 11.2. The number of alkyl halides is 3. The number of fused-ring (bicyclic) bond motifs is 1. The van der Waals surface area contributed by atoms with Crippen molar-refractivity contribution in [1.82, 2.24) is 19.6 Å². The first-order chi connectivity index (χ1) is 10.8. The number of anilines is 1. The third-order valence-corrected chi connectivity index (χ3v) is 3.14. The SMILES string of the molecule is O=C(Nc1nc2cc(C(F)(F)F)cc(Cl)n2n1)c1cccnc1. The molecule has 23 heavy (non-hydrogen) atoms. The Bertz CT molecular complexity index is 878. The lowest BCUT2D eigenvalue weighted by Gasteiger charge is -2.06. The monoisotopic (exact) mass is 341 g/mol. The summed E-state index contributed by atoms with van der Waals surface area (Å²) in [5.74, 6) is -0.707. The predicted octanol–water partition coefficient (Wildman–Crippen LogP) is 3.05. The highest BCUT2D eigenvalue weighted by molar-refractivity contribution is 6.29. The minimum Gasteiger partial charge on any atom is -0.289 e. The van der Waals surface area contributed by atoms with Crippen LogP contribution in [-0.4, -0.2) is 25.5 Å². The first kappa shape index (κ1) is 15.2. The normalized spacial score (nSPS) is 11.7. The minimum atomic E-state index is -4.56. The maximum absolute atomic E-state index is 12.7. The van der Waals surface area contributed by atoms with Gasteiger partial charge in [0.15, 0.2) is 5.65 Å². The predicted molar refractivity (Wildman–Crippen MR) is 75.2 cm³/mol. The minimum absolute atomic E-state index is 0.133. The fourth-order valence-corrected chi connectivity index (χ4v) is 2.07. The van der Waals surface area contributed by atoms with E-state index in [0.717, 1.165) is 16.6 Å². The van der Waals surface area contributed by atoms with Crippen molar-refractivity contribution in [1.29, 1.82) is 0 Å². The summed E-state index contributed by atoms with van der Waals surface area (Å²) in [6.45, 7) is 0. The molecule has 0 unspecified atom stereocenters. The van der Waals surface area contributed by atoms with Crippen molar-refractivity contribution < 1.29 is 18.0 Å². The lowest BCUT2D eigenvalue weighted by atomic mass is 10.2. The van der Waals surface area contributed by atoms with Crippen LogP contribution >= 0.6 is 11.6 Å². The van der Waals surface area contributed by atoms with Crippen LogP contribution in [0.1, 0.15) is 15.9 Å². The largest absolute Gasteiger partial charge is 0.416 e. The fourth-order valence-electron chi connectivity index (χ4n) is 1.83. The van der Waals surface area contributed by atoms with Crippen molar-refractivity contribution in [3.05, 3.63) is 52.9 Å². The molecule has 0 aromatic carbocycles. The highest BCUT2D eigenvalue weighted by Gasteiger charge is 2.32. The Morgan fingerprint density at radius 1 is 1.30 bits per heavy atom. The van der Waals surface area contributed by atoms with Gasteiger partial charge in [-0.2, -0.15) is 18.2 Å². The summed E-state index contributed by atoms with van der Waals surface area (Å²) >= 11 is 5.77. The second-order valence-corrected chi connectivity index (χ2v) is 4.85. The quantitative estimate of drug-likeness (QED) is 0.727. The Morgan fingerprint density at radius 2 is 2.09 bits per heavy atom. The van der Waals surface area contributed by atoms with E-state index in [9.17, 15) is 18.0 Å². The Balaban J connectivity index is 1.94. The molecule has 0 aliphatic heterocycles. The van der Waals surface area contributed by atoms with Gasteiger partial charge in [-0.1, -0.05) is 11.6 Å². The number of amides is 1. The van der Waals surface area contributed by atoms with E-state index in [0.29, 0.717) is 0 Å². The second-order valence-electron chi connectivity index (χ2n) is 4.47. The molecule has 0 fully saturated rings. The van der Waals surface area contributed by atoms with Crippen molar-refractivity contribution in [2.45, 2.75) is 6.18 Å². The smallest absolute Gasteiger partial charge is 0.289 e. The number of carbonyl (C=O) groups is 1. The Labute approximate surface area is 131 Å². The fraction of sp³-hybridized carbons (Fsp3) is 0.0769. The molecule has 3 rings (SSSR count). The highest BCUT2D eigenvalue weighted by atomic mass is 35.5. The zero-order chi connectivity index (χ0) is 16.6. The van der Waals surface area contributed by atoms with Crippen molar-refractivity contribution in [3.63, 3.8) is 0 Å². The summed E-state index contributed by atoms with van der Waals surface area (Å²) in [5.41, 5.74) is -0.827. The second kappa shape index (κ2) is 5.51. The number of aromatic nitrogens is 4. The molecule has 3 aromatic heterocycles. The van der Waals surface area contributed by atoms with Crippen LogP contribution in [0.2, 0.25) is 5.15 Å². The number of nitrogens with zero attached hydrogens (tertiary/aromatic N) is 4. The molecule has 0 aliphatic carbocycles. The van der Waals surface area contributed by atoms with Crippen LogP contribution in [0.15, 0.2) is 36.7 Å². The Morgan fingerprint density at radius 3 is 2.74 bits per heavy atom. The van der Waals surface area contributed by atoms with Gasteiger partial charge in [0.05, 0.1) is 11.1 Å². The number of hydrogen-bond donors (Lipinski definition) is 1. The molecular formula is C13H7ClF3N5O. The molecule has 1 N–H and O–H groups in total. The molecule has 118 valence electrons. The van der Waals surface area contributed by atoms with E-state index in [4.69, 9.17) is 11.6 Å². The standard InChI is InChI=1S/C13H7ClF3N5O/c14-9-4-8(13(15,16)17)5-10-19-12(21-22(9)10)20-11(23)7-2-1-3-18-6-7/h1-6H,(H,20,21,23). The van der Waals surface area contributed by atoms with Gasteiger partial charge in [-0.05, 0) is 24.3 Å². The van der Waals surface area contributed by atoms with E-state index in [1.54, 1.807) is 6.07 Å². The third-order valence-electron chi connectivity index (χ3n) is 2.87. The molecule has 0 saturated heterocycles. The van der Waals surface area contributed by atoms with Crippen LogP contribution in [0.5, 0.6) is 0 Å². The number of halogens is 4. The molecule has 0 radical (unpaired) electrons. The van der Waals surface area contributed by atoms with Crippen LogP contribution in [-0.2, 0) is 6.18 Å². The van der Waals surface area contributed by atoms with E-state index < -0.39 is 17.6 Å². The number of rotatable bonds is 2. The van der Waals surface area contributed by atoms with E-state index in [1.165, 1.54) is 18.5 Å². The molecule has 3 heterocycles. The van der Waals surface area contributed by atoms with Crippen LogP contribution < -0.4 is 5.32 Å². The molecule has 10 heteroatoms. The molecule has 0 aliphatic rings. The summed E-state index contributed by atoms with van der Waals surface area (Å²) in [4.78, 5) is 19.6. The molecule has 0 bridgehead atoms. The van der Waals surface area contributed by atoms with Crippen LogP contribution in [0, 0.1) is 0 Å². The summed E-state index contributed by atoms with van der Waals surface area (Å²) in [7, 11) is 0. The molecule has 6 nitrogen and oxygen atoms in total. The molecule has 1 amide bonds. The van der Waals surface area contributed by atoms with Crippen molar-refractivity contribution >= 4 is 29.1 Å². The average molecular weight is 342 g/mol. The summed E-state index contributed by atoms with van der Waals surface area (Å²) in [5, 5.41) is 5.95. The first-order valence-corrected chi connectivity index (χ1v) is 6.57. The van der Waals surface area contributed by atoms with Crippen molar-refractivity contribution in [2.24, 2.45) is 0 Å². The maximum Gasteiger partial charge on any atom is 0.416 e. The third kappa shape index (κ3) is 3.09. The zero-order valence-corrected chi connectivity index (χ0v) is 11.9. The highest BCUT2D eigenvalue weighted by Crippen LogP contribution is 2.31. The summed E-state index contributed by atoms with van der Waals surface area (Å²) in [6, 6.07) is 4.61. The van der Waals surface area contributed by atoms with Gasteiger partial charge in [-0.15, -0.1) is 5.10 Å². The number of hydrogen-bond acceptors (Lipinski definition) is 4. The Kier molecular flexibility index (Phi) is 3.64. The van der Waals surface area contributed by atoms with Gasteiger partial charge in [-0.3, -0.25) is 15.1 Å². The molecule has 0 atom stereocenters. The van der Waals surface area contributed by atoms with E-state index >= 15 is 0 Å². The number of carbonyl (C=O) groups excluding carboxylic acids is 1. The van der Waals surface area contributed by atoms with Crippen LogP contribution in [0.25, 0.3) is 5.65 Å². The van der Waals surface area contributed by atoms with Gasteiger partial charge >= 0.3 is 6.18 Å². The molecule has 0 spiro atoms. The van der Waals surface area contributed by atoms with E-state index in [1.807, 2.05) is 0 Å². The van der Waals surface area contributed by atoms with E-state index in [2.05, 4.69) is 20.4 Å². The van der Waals surface area contributed by atoms with Crippen molar-refractivity contribution in [2.75, 3.05) is 5.32 Å². The molecule has 3 aromatic rings. The molecular weight excluding hydrogens is 335 g/mol. The lowest BCUT2D eigenvalue weighted by Crippen LogP contribution is -2.13. The lowest BCUT2D eigenvalue weighted by molar-refractivity contribution is -0.137. The Hall–Kier alpha value is -2.68. The van der Waals surface area contributed by atoms with E-state index in [-0.39, 0.29) is 22.3 Å². The van der Waals surface area contributed by atoms with Gasteiger partial charge in [0.25, 0.3) is 5.91 Å². The number of pyridine rings is 2. The topological polar surface area (TPSA) is 72.2 Å². The van der Waals surface area contributed by atoms with Gasteiger partial charge < -0.3 is 0 Å². The summed E-state index contributed by atoms with van der Waals surface area (Å²) < 4.78 is 39.2. The summed E-state index contributed by atoms with van der Waals surface area (Å²) in [6.07, 6.45) is -1.73. The van der Waals surface area contributed by atoms with Crippen molar-refractivity contribution in [3.8, 4) is 0 Å². The maximum atomic E-state index is 12.7. The van der Waals surface area contributed by atoms with Gasteiger partial charge in [0, 0.05) is 12.4 Å². The average Bonchev–Trinajstić information content (AvgIpc) is 2.90. The van der Waals surface area contributed by atoms with Crippen LogP contribution in [0.4, 0.5) is 19.1 Å². The van der Waals surface area contributed by atoms with Crippen LogP contribution in [0.3, 0.4) is 0 Å². The molecule has 0 saturated carbocycles. The van der Waals surface area contributed by atoms with Gasteiger partial charge in [0.1, 0.15) is 5.15 Å².